The second-order valence-electron chi connectivity index (χ2n) is 4.11. The van der Waals surface area contributed by atoms with Gasteiger partial charge in [-0.3, -0.25) is 14.9 Å². The zero-order valence-corrected chi connectivity index (χ0v) is 12.0. The van der Waals surface area contributed by atoms with Gasteiger partial charge in [-0.25, -0.2) is 0 Å². The lowest BCUT2D eigenvalue weighted by Gasteiger charge is -2.23. The highest BCUT2D eigenvalue weighted by atomic mass is 79.9. The van der Waals surface area contributed by atoms with Gasteiger partial charge in [0.1, 0.15) is 6.54 Å². The number of nitro benzene ring substituents is 1. The highest BCUT2D eigenvalue weighted by Gasteiger charge is 2.21. The maximum absolute atomic E-state index is 12.2. The summed E-state index contributed by atoms with van der Waals surface area (Å²) in [5, 5.41) is 19.5. The fourth-order valence-corrected chi connectivity index (χ4v) is 1.91. The number of nitriles is 1. The smallest absolute Gasteiger partial charge is 0.284 e. The van der Waals surface area contributed by atoms with Gasteiger partial charge in [0.15, 0.2) is 0 Å². The molecule has 100 valence electrons. The molecule has 0 atom stereocenters. The van der Waals surface area contributed by atoms with E-state index in [9.17, 15) is 14.9 Å². The van der Waals surface area contributed by atoms with Crippen LogP contribution in [0.2, 0.25) is 0 Å². The third-order valence-electron chi connectivity index (χ3n) is 2.52. The Balaban J connectivity index is 3.16. The normalized spacial score (nSPS) is 10.1. The molecule has 0 aliphatic heterocycles. The van der Waals surface area contributed by atoms with Crippen LogP contribution in [0.4, 0.5) is 5.69 Å². The van der Waals surface area contributed by atoms with Gasteiger partial charge in [-0.15, -0.1) is 0 Å². The lowest BCUT2D eigenvalue weighted by atomic mass is 10.1. The predicted octanol–water partition coefficient (Wildman–Crippen LogP) is 2.73. The summed E-state index contributed by atoms with van der Waals surface area (Å²) in [6.07, 6.45) is 0. The molecule has 0 heterocycles. The minimum atomic E-state index is -0.565. The first kappa shape index (κ1) is 15.1. The minimum absolute atomic E-state index is 0.0552. The highest BCUT2D eigenvalue weighted by molar-refractivity contribution is 9.10. The Labute approximate surface area is 118 Å². The van der Waals surface area contributed by atoms with Gasteiger partial charge in [0, 0.05) is 17.7 Å². The number of nitro groups is 1. The molecule has 0 aliphatic carbocycles. The van der Waals surface area contributed by atoms with Crippen molar-refractivity contribution in [2.45, 2.75) is 19.9 Å². The van der Waals surface area contributed by atoms with Crippen LogP contribution in [0.1, 0.15) is 24.2 Å². The lowest BCUT2D eigenvalue weighted by Crippen LogP contribution is -2.37. The van der Waals surface area contributed by atoms with Gasteiger partial charge < -0.3 is 4.90 Å². The lowest BCUT2D eigenvalue weighted by molar-refractivity contribution is -0.385. The van der Waals surface area contributed by atoms with E-state index in [2.05, 4.69) is 15.9 Å². The Morgan fingerprint density at radius 3 is 2.68 bits per heavy atom. The number of amides is 1. The number of rotatable bonds is 4. The standard InChI is InChI=1S/C12H12BrN3O3/c1-8(2)15(6-5-14)12(17)9-3-4-10(13)11(7-9)16(18)19/h3-4,7-8H,6H2,1-2H3. The molecule has 1 amide bonds. The van der Waals surface area contributed by atoms with Crippen molar-refractivity contribution < 1.29 is 9.72 Å². The van der Waals surface area contributed by atoms with Crippen LogP contribution in [-0.4, -0.2) is 28.3 Å². The first-order chi connectivity index (χ1) is 8.88. The monoisotopic (exact) mass is 325 g/mol. The third-order valence-corrected chi connectivity index (χ3v) is 3.19. The summed E-state index contributed by atoms with van der Waals surface area (Å²) >= 11 is 3.06. The average Bonchev–Trinajstić information content (AvgIpc) is 2.35. The van der Waals surface area contributed by atoms with Crippen molar-refractivity contribution in [3.05, 3.63) is 38.3 Å². The molecule has 0 saturated heterocycles. The zero-order chi connectivity index (χ0) is 14.6. The maximum atomic E-state index is 12.2. The molecule has 0 saturated carbocycles. The Morgan fingerprint density at radius 1 is 1.58 bits per heavy atom. The van der Waals surface area contributed by atoms with E-state index in [1.165, 1.54) is 23.1 Å². The molecule has 0 fully saturated rings. The largest absolute Gasteiger partial charge is 0.323 e. The van der Waals surface area contributed by atoms with E-state index in [0.29, 0.717) is 4.47 Å². The molecule has 7 heteroatoms. The van der Waals surface area contributed by atoms with E-state index in [1.807, 2.05) is 6.07 Å². The van der Waals surface area contributed by atoms with Gasteiger partial charge in [0.2, 0.25) is 0 Å². The number of carbonyl (C=O) groups is 1. The Hall–Kier alpha value is -1.94. The van der Waals surface area contributed by atoms with Gasteiger partial charge >= 0.3 is 0 Å². The summed E-state index contributed by atoms with van der Waals surface area (Å²) < 4.78 is 0.311. The van der Waals surface area contributed by atoms with Crippen molar-refractivity contribution >= 4 is 27.5 Å². The van der Waals surface area contributed by atoms with Gasteiger partial charge in [0.25, 0.3) is 11.6 Å². The van der Waals surface area contributed by atoms with Crippen LogP contribution in [0.25, 0.3) is 0 Å². The first-order valence-corrected chi connectivity index (χ1v) is 6.29. The summed E-state index contributed by atoms with van der Waals surface area (Å²) in [4.78, 5) is 23.8. The Morgan fingerprint density at radius 2 is 2.21 bits per heavy atom. The summed E-state index contributed by atoms with van der Waals surface area (Å²) in [6.45, 7) is 3.51. The molecular formula is C12H12BrN3O3. The second-order valence-corrected chi connectivity index (χ2v) is 4.96. The summed E-state index contributed by atoms with van der Waals surface area (Å²) in [7, 11) is 0. The average molecular weight is 326 g/mol. The minimum Gasteiger partial charge on any atom is -0.323 e. The zero-order valence-electron chi connectivity index (χ0n) is 10.5. The fourth-order valence-electron chi connectivity index (χ4n) is 1.52. The van der Waals surface area contributed by atoms with Crippen LogP contribution in [0.15, 0.2) is 22.7 Å². The summed E-state index contributed by atoms with van der Waals surface area (Å²) in [5.41, 5.74) is 0.0189. The Bertz CT molecular complexity index is 552. The molecule has 0 spiro atoms. The molecule has 1 aromatic rings. The van der Waals surface area contributed by atoms with Crippen molar-refractivity contribution in [2.75, 3.05) is 6.54 Å². The summed E-state index contributed by atoms with van der Waals surface area (Å²) in [6, 6.07) is 5.91. The quantitative estimate of drug-likeness (QED) is 0.483. The van der Waals surface area contributed by atoms with Crippen LogP contribution < -0.4 is 0 Å². The molecular weight excluding hydrogens is 314 g/mol. The van der Waals surface area contributed by atoms with E-state index >= 15 is 0 Å². The van der Waals surface area contributed by atoms with E-state index in [1.54, 1.807) is 13.8 Å². The van der Waals surface area contributed by atoms with E-state index in [4.69, 9.17) is 5.26 Å². The van der Waals surface area contributed by atoms with Crippen molar-refractivity contribution in [3.8, 4) is 6.07 Å². The van der Waals surface area contributed by atoms with Crippen LogP contribution in [0, 0.1) is 21.4 Å². The van der Waals surface area contributed by atoms with Crippen molar-refractivity contribution in [1.82, 2.24) is 4.90 Å². The second kappa shape index (κ2) is 6.29. The molecule has 0 aliphatic rings. The number of hydrogen-bond donors (Lipinski definition) is 0. The number of carbonyl (C=O) groups excluding carboxylic acids is 1. The molecule has 0 unspecified atom stereocenters. The van der Waals surface area contributed by atoms with Crippen molar-refractivity contribution in [2.24, 2.45) is 0 Å². The molecule has 0 radical (unpaired) electrons. The number of halogens is 1. The van der Waals surface area contributed by atoms with Gasteiger partial charge in [0.05, 0.1) is 15.5 Å². The van der Waals surface area contributed by atoms with Crippen LogP contribution in [0.3, 0.4) is 0 Å². The van der Waals surface area contributed by atoms with Crippen LogP contribution in [0.5, 0.6) is 0 Å². The SMILES string of the molecule is CC(C)N(CC#N)C(=O)c1ccc(Br)c([N+](=O)[O-])c1. The predicted molar refractivity (Wildman–Crippen MR) is 72.6 cm³/mol. The number of benzene rings is 1. The number of nitrogens with zero attached hydrogens (tertiary/aromatic N) is 3. The van der Waals surface area contributed by atoms with Gasteiger partial charge in [-0.1, -0.05) is 0 Å². The highest BCUT2D eigenvalue weighted by Crippen LogP contribution is 2.26. The van der Waals surface area contributed by atoms with E-state index < -0.39 is 10.8 Å². The molecule has 19 heavy (non-hydrogen) atoms. The fraction of sp³-hybridized carbons (Fsp3) is 0.333. The molecule has 1 rings (SSSR count). The molecule has 6 nitrogen and oxygen atoms in total. The van der Waals surface area contributed by atoms with Gasteiger partial charge in [-0.05, 0) is 41.9 Å². The van der Waals surface area contributed by atoms with Crippen LogP contribution in [-0.2, 0) is 0 Å². The first-order valence-electron chi connectivity index (χ1n) is 5.50. The van der Waals surface area contributed by atoms with Crippen molar-refractivity contribution in [3.63, 3.8) is 0 Å². The molecule has 1 aromatic carbocycles. The maximum Gasteiger partial charge on any atom is 0.284 e. The molecule has 0 bridgehead atoms. The Kier molecular flexibility index (Phi) is 5.01. The van der Waals surface area contributed by atoms with E-state index in [-0.39, 0.29) is 23.8 Å². The summed E-state index contributed by atoms with van der Waals surface area (Å²) in [5.74, 6) is -0.396. The third kappa shape index (κ3) is 3.51. The van der Waals surface area contributed by atoms with Crippen molar-refractivity contribution in [1.29, 1.82) is 5.26 Å². The molecule has 0 aromatic heterocycles. The van der Waals surface area contributed by atoms with E-state index in [0.717, 1.165) is 0 Å². The number of hydrogen-bond acceptors (Lipinski definition) is 4. The van der Waals surface area contributed by atoms with Gasteiger partial charge in [-0.2, -0.15) is 5.26 Å². The molecule has 0 N–H and O–H groups in total. The topological polar surface area (TPSA) is 87.2 Å². The van der Waals surface area contributed by atoms with Crippen LogP contribution >= 0.6 is 15.9 Å².